The van der Waals surface area contributed by atoms with E-state index < -0.39 is 16.0 Å². The van der Waals surface area contributed by atoms with E-state index in [0.717, 1.165) is 0 Å². The van der Waals surface area contributed by atoms with Crippen molar-refractivity contribution in [2.75, 3.05) is 13.7 Å². The molecule has 0 fully saturated rings. The highest BCUT2D eigenvalue weighted by molar-refractivity contribution is 7.90. The van der Waals surface area contributed by atoms with E-state index in [1.807, 2.05) is 23.6 Å². The van der Waals surface area contributed by atoms with Crippen LogP contribution >= 0.6 is 22.9 Å². The van der Waals surface area contributed by atoms with Crippen LogP contribution in [-0.2, 0) is 19.6 Å². The van der Waals surface area contributed by atoms with Crippen LogP contribution in [0.2, 0.25) is 5.02 Å². The van der Waals surface area contributed by atoms with Crippen molar-refractivity contribution >= 4 is 54.8 Å². The predicted octanol–water partition coefficient (Wildman–Crippen LogP) is 7.03. The lowest BCUT2D eigenvalue weighted by Gasteiger charge is -2.15. The van der Waals surface area contributed by atoms with Gasteiger partial charge >= 0.3 is 5.97 Å². The van der Waals surface area contributed by atoms with E-state index in [2.05, 4.69) is 9.58 Å². The number of fused-ring (bicyclic) bond motifs is 1. The van der Waals surface area contributed by atoms with E-state index >= 15 is 0 Å². The summed E-state index contributed by atoms with van der Waals surface area (Å²) in [5.74, 6) is -0.189. The molecule has 5 rings (SSSR count). The van der Waals surface area contributed by atoms with Crippen molar-refractivity contribution in [2.24, 2.45) is 0 Å². The number of carbonyl (C=O) groups is 1. The molecule has 0 aliphatic carbocycles. The van der Waals surface area contributed by atoms with E-state index in [0.29, 0.717) is 49.1 Å². The van der Waals surface area contributed by atoms with E-state index in [1.54, 1.807) is 36.4 Å². The summed E-state index contributed by atoms with van der Waals surface area (Å²) in [6.07, 6.45) is 0. The van der Waals surface area contributed by atoms with Crippen LogP contribution in [0.4, 0.5) is 5.00 Å². The van der Waals surface area contributed by atoms with Gasteiger partial charge in [-0.2, -0.15) is 11.3 Å². The van der Waals surface area contributed by atoms with Gasteiger partial charge in [0.1, 0.15) is 5.75 Å². The van der Waals surface area contributed by atoms with Gasteiger partial charge in [0, 0.05) is 27.1 Å². The summed E-state index contributed by atoms with van der Waals surface area (Å²) in [4.78, 5) is 15.4. The van der Waals surface area contributed by atoms with Crippen LogP contribution in [-0.4, -0.2) is 32.1 Å². The van der Waals surface area contributed by atoms with Crippen LogP contribution in [0, 0.1) is 6.57 Å². The second-order valence-electron chi connectivity index (χ2n) is 8.11. The van der Waals surface area contributed by atoms with Crippen molar-refractivity contribution in [3.05, 3.63) is 101 Å². The first-order chi connectivity index (χ1) is 18.3. The minimum atomic E-state index is -4.12. The highest BCUT2D eigenvalue weighted by atomic mass is 35.5. The van der Waals surface area contributed by atoms with E-state index in [1.165, 1.54) is 46.7 Å². The number of ether oxygens (including phenoxy) is 2. The number of methoxy groups -OCH3 is 1. The molecular formula is C28H19ClN2O5S2. The van der Waals surface area contributed by atoms with Crippen molar-refractivity contribution in [3.8, 4) is 28.1 Å². The maximum absolute atomic E-state index is 14.2. The molecule has 0 N–H and O–H groups in total. The number of halogens is 1. The van der Waals surface area contributed by atoms with Crippen LogP contribution in [0.5, 0.6) is 5.75 Å². The fraction of sp³-hybridized carbons (Fsp3) is 0.0714. The summed E-state index contributed by atoms with van der Waals surface area (Å²) in [5, 5.41) is 3.33. The lowest BCUT2D eigenvalue weighted by Crippen LogP contribution is -2.14. The Balaban J connectivity index is 1.85. The lowest BCUT2D eigenvalue weighted by atomic mass is 10.00. The molecule has 7 nitrogen and oxygen atoms in total. The Morgan fingerprint density at radius 3 is 2.55 bits per heavy atom. The van der Waals surface area contributed by atoms with E-state index in [-0.39, 0.29) is 11.5 Å². The zero-order valence-electron chi connectivity index (χ0n) is 19.9. The van der Waals surface area contributed by atoms with Crippen LogP contribution in [0.25, 0.3) is 38.1 Å². The number of hydrogen-bond donors (Lipinski definition) is 0. The molecule has 5 aromatic rings. The molecule has 0 amide bonds. The Bertz CT molecular complexity index is 1820. The van der Waals surface area contributed by atoms with Gasteiger partial charge in [0.15, 0.2) is 6.61 Å². The van der Waals surface area contributed by atoms with Crippen LogP contribution in [0.1, 0.15) is 0 Å². The Hall–Kier alpha value is -4.10. The molecule has 2 heterocycles. The first-order valence-corrected chi connectivity index (χ1v) is 13.9. The summed E-state index contributed by atoms with van der Waals surface area (Å²) in [6.45, 7) is 7.40. The molecule has 10 heteroatoms. The van der Waals surface area contributed by atoms with Crippen molar-refractivity contribution in [2.45, 2.75) is 4.90 Å². The lowest BCUT2D eigenvalue weighted by molar-refractivity contribution is -0.142. The molecular weight excluding hydrogens is 544 g/mol. The quantitative estimate of drug-likeness (QED) is 0.157. The van der Waals surface area contributed by atoms with E-state index in [9.17, 15) is 13.2 Å². The molecule has 190 valence electrons. The van der Waals surface area contributed by atoms with Gasteiger partial charge < -0.3 is 9.47 Å². The maximum Gasteiger partial charge on any atom is 0.343 e. The summed E-state index contributed by atoms with van der Waals surface area (Å²) in [7, 11) is -2.86. The molecule has 0 saturated heterocycles. The second kappa shape index (κ2) is 10.3. The largest absolute Gasteiger partial charge is 0.482 e. The molecule has 0 atom stereocenters. The number of thiophene rings is 1. The zero-order chi connectivity index (χ0) is 26.9. The normalized spacial score (nSPS) is 11.3. The van der Waals surface area contributed by atoms with Crippen molar-refractivity contribution in [1.29, 1.82) is 0 Å². The van der Waals surface area contributed by atoms with Crippen molar-refractivity contribution in [3.63, 3.8) is 0 Å². The van der Waals surface area contributed by atoms with Gasteiger partial charge in [-0.15, -0.1) is 0 Å². The van der Waals surface area contributed by atoms with Gasteiger partial charge in [-0.25, -0.2) is 22.0 Å². The van der Waals surface area contributed by atoms with Gasteiger partial charge in [-0.1, -0.05) is 48.0 Å². The molecule has 0 spiro atoms. The predicted molar refractivity (Wildman–Crippen MR) is 148 cm³/mol. The molecule has 0 bridgehead atoms. The third-order valence-corrected chi connectivity index (χ3v) is 8.68. The first kappa shape index (κ1) is 25.5. The number of nitrogens with zero attached hydrogens (tertiary/aromatic N) is 2. The average Bonchev–Trinajstić information content (AvgIpc) is 3.54. The zero-order valence-corrected chi connectivity index (χ0v) is 22.3. The summed E-state index contributed by atoms with van der Waals surface area (Å²) >= 11 is 7.32. The fourth-order valence-electron chi connectivity index (χ4n) is 4.22. The molecule has 0 aliphatic heterocycles. The van der Waals surface area contributed by atoms with Gasteiger partial charge in [0.2, 0.25) is 5.00 Å². The Morgan fingerprint density at radius 1 is 1.05 bits per heavy atom. The highest BCUT2D eigenvalue weighted by Crippen LogP contribution is 2.47. The topological polar surface area (TPSA) is 79.0 Å². The standard InChI is InChI=1S/C28H19ClN2O5S2/c1-30-28-23(14-15-37-28)26-22-8-3-4-9-24(22)31(38(33,34)21-12-10-19(29)11-13-21)27(26)18-6-5-7-20(16-18)36-17-25(32)35-2/h3-16H,17H2,2H3. The molecule has 0 saturated carbocycles. The van der Waals surface area contributed by atoms with Crippen molar-refractivity contribution in [1.82, 2.24) is 3.97 Å². The number of rotatable bonds is 7. The fourth-order valence-corrected chi connectivity index (χ4v) is 6.57. The Morgan fingerprint density at radius 2 is 1.82 bits per heavy atom. The summed E-state index contributed by atoms with van der Waals surface area (Å²) in [5.41, 5.74) is 2.58. The maximum atomic E-state index is 14.2. The minimum absolute atomic E-state index is 0.0595. The molecule has 2 aromatic heterocycles. The second-order valence-corrected chi connectivity index (χ2v) is 11.2. The minimum Gasteiger partial charge on any atom is -0.482 e. The molecule has 0 unspecified atom stereocenters. The van der Waals surface area contributed by atoms with Gasteiger partial charge in [0.05, 0.1) is 29.8 Å². The summed E-state index contributed by atoms with van der Waals surface area (Å²) < 4.78 is 40.0. The number of carbonyl (C=O) groups excluding carboxylic acids is 1. The average molecular weight is 563 g/mol. The SMILES string of the molecule is [C-]#[N+]c1sccc1-c1c(-c2cccc(OCC(=O)OC)c2)n(S(=O)(=O)c2ccc(Cl)cc2)c2ccccc12. The Kier molecular flexibility index (Phi) is 6.95. The first-order valence-electron chi connectivity index (χ1n) is 11.2. The van der Waals surface area contributed by atoms with Gasteiger partial charge in [0.25, 0.3) is 10.0 Å². The van der Waals surface area contributed by atoms with E-state index in [4.69, 9.17) is 22.9 Å². The third kappa shape index (κ3) is 4.54. The molecule has 3 aromatic carbocycles. The number of aromatic nitrogens is 1. The molecule has 38 heavy (non-hydrogen) atoms. The number of para-hydroxylation sites is 1. The summed E-state index contributed by atoms with van der Waals surface area (Å²) in [6, 6.07) is 21.8. The monoisotopic (exact) mass is 562 g/mol. The number of hydrogen-bond acceptors (Lipinski definition) is 6. The number of benzene rings is 3. The van der Waals surface area contributed by atoms with Crippen LogP contribution in [0.15, 0.2) is 89.1 Å². The smallest absolute Gasteiger partial charge is 0.343 e. The third-order valence-electron chi connectivity index (χ3n) is 5.89. The highest BCUT2D eigenvalue weighted by Gasteiger charge is 2.29. The molecule has 0 radical (unpaired) electrons. The van der Waals surface area contributed by atoms with Crippen LogP contribution < -0.4 is 4.74 Å². The van der Waals surface area contributed by atoms with Crippen molar-refractivity contribution < 1.29 is 22.7 Å². The van der Waals surface area contributed by atoms with Crippen LogP contribution in [0.3, 0.4) is 0 Å². The Labute approximate surface area is 228 Å². The van der Waals surface area contributed by atoms with Gasteiger partial charge in [-0.05, 0) is 47.8 Å². The van der Waals surface area contributed by atoms with Gasteiger partial charge in [-0.3, -0.25) is 0 Å². The molecule has 0 aliphatic rings. The number of esters is 1.